The summed E-state index contributed by atoms with van der Waals surface area (Å²) in [6, 6.07) is 5.38. The molecular weight excluding hydrogens is 286 g/mol. The molecule has 118 valence electrons. The number of hydrogen-bond donors (Lipinski definition) is 2. The third-order valence-corrected chi connectivity index (χ3v) is 3.44. The predicted octanol–water partition coefficient (Wildman–Crippen LogP) is 1.94. The van der Waals surface area contributed by atoms with Crippen molar-refractivity contribution in [1.82, 2.24) is 4.98 Å². The Kier molecular flexibility index (Phi) is 5.16. The Balaban J connectivity index is 2.47. The van der Waals surface area contributed by atoms with Gasteiger partial charge in [-0.05, 0) is 36.6 Å². The van der Waals surface area contributed by atoms with E-state index in [-0.39, 0.29) is 25.6 Å². The van der Waals surface area contributed by atoms with E-state index in [4.69, 9.17) is 4.74 Å². The van der Waals surface area contributed by atoms with Crippen molar-refractivity contribution in [3.05, 3.63) is 35.0 Å². The number of hydrogen-bond acceptors (Lipinski definition) is 5. The van der Waals surface area contributed by atoms with Gasteiger partial charge in [0.05, 0.1) is 20.3 Å². The summed E-state index contributed by atoms with van der Waals surface area (Å²) in [5, 5.41) is 10.1. The zero-order valence-electron chi connectivity index (χ0n) is 12.6. The van der Waals surface area contributed by atoms with Crippen molar-refractivity contribution in [1.29, 1.82) is 0 Å². The van der Waals surface area contributed by atoms with Crippen molar-refractivity contribution >= 4 is 22.8 Å². The first-order valence-electron chi connectivity index (χ1n) is 7.09. The van der Waals surface area contributed by atoms with Gasteiger partial charge in [0.1, 0.15) is 5.69 Å². The number of aliphatic hydroxyl groups is 1. The number of ether oxygens (including phenoxy) is 2. The summed E-state index contributed by atoms with van der Waals surface area (Å²) < 4.78 is 9.70. The molecule has 0 saturated heterocycles. The molecule has 22 heavy (non-hydrogen) atoms. The number of H-pyrrole nitrogens is 1. The molecule has 0 saturated carbocycles. The molecule has 0 unspecified atom stereocenters. The average Bonchev–Trinajstić information content (AvgIpc) is 2.90. The standard InChI is InChI=1S/C16H19NO5/c1-3-22-16(20)15-11(5-7-14(19)21-2)12-8-10(9-18)4-6-13(12)17-15/h4,6,8,17-18H,3,5,7,9H2,1-2H3. The van der Waals surface area contributed by atoms with E-state index < -0.39 is 5.97 Å². The Hall–Kier alpha value is -2.34. The van der Waals surface area contributed by atoms with Crippen LogP contribution in [0.1, 0.15) is 35.0 Å². The first-order chi connectivity index (χ1) is 10.6. The minimum Gasteiger partial charge on any atom is -0.469 e. The number of carbonyl (C=O) groups excluding carboxylic acids is 2. The van der Waals surface area contributed by atoms with E-state index in [0.29, 0.717) is 17.7 Å². The van der Waals surface area contributed by atoms with E-state index in [9.17, 15) is 14.7 Å². The first kappa shape index (κ1) is 16.0. The predicted molar refractivity (Wildman–Crippen MR) is 80.5 cm³/mol. The van der Waals surface area contributed by atoms with Crippen molar-refractivity contribution in [3.63, 3.8) is 0 Å². The highest BCUT2D eigenvalue weighted by atomic mass is 16.5. The number of aromatic nitrogens is 1. The highest BCUT2D eigenvalue weighted by Crippen LogP contribution is 2.26. The van der Waals surface area contributed by atoms with Crippen LogP contribution >= 0.6 is 0 Å². The lowest BCUT2D eigenvalue weighted by atomic mass is 10.0. The van der Waals surface area contributed by atoms with E-state index in [1.807, 2.05) is 0 Å². The van der Waals surface area contributed by atoms with Gasteiger partial charge in [0.25, 0.3) is 0 Å². The maximum Gasteiger partial charge on any atom is 0.355 e. The second-order valence-corrected chi connectivity index (χ2v) is 4.81. The molecule has 6 heteroatoms. The topological polar surface area (TPSA) is 88.6 Å². The molecule has 2 N–H and O–H groups in total. The molecule has 0 amide bonds. The minimum atomic E-state index is -0.455. The van der Waals surface area contributed by atoms with Gasteiger partial charge in [-0.3, -0.25) is 4.79 Å². The summed E-state index contributed by atoms with van der Waals surface area (Å²) in [6.07, 6.45) is 0.523. The van der Waals surface area contributed by atoms with E-state index in [2.05, 4.69) is 9.72 Å². The number of fused-ring (bicyclic) bond motifs is 1. The van der Waals surface area contributed by atoms with Gasteiger partial charge in [-0.25, -0.2) is 4.79 Å². The Bertz CT molecular complexity index is 689. The zero-order chi connectivity index (χ0) is 16.1. The second-order valence-electron chi connectivity index (χ2n) is 4.81. The third-order valence-electron chi connectivity index (χ3n) is 3.44. The number of methoxy groups -OCH3 is 1. The van der Waals surface area contributed by atoms with Crippen LogP contribution in [-0.4, -0.2) is 35.7 Å². The average molecular weight is 305 g/mol. The molecule has 0 radical (unpaired) electrons. The monoisotopic (exact) mass is 305 g/mol. The quantitative estimate of drug-likeness (QED) is 0.796. The number of benzene rings is 1. The number of nitrogens with one attached hydrogen (secondary N) is 1. The summed E-state index contributed by atoms with van der Waals surface area (Å²) in [5.41, 5.74) is 2.55. The highest BCUT2D eigenvalue weighted by Gasteiger charge is 2.19. The molecule has 1 heterocycles. The second kappa shape index (κ2) is 7.09. The van der Waals surface area contributed by atoms with Crippen molar-refractivity contribution in [2.45, 2.75) is 26.4 Å². The molecule has 0 bridgehead atoms. The van der Waals surface area contributed by atoms with Gasteiger partial charge in [-0.15, -0.1) is 0 Å². The fourth-order valence-corrected chi connectivity index (χ4v) is 2.36. The smallest absolute Gasteiger partial charge is 0.355 e. The van der Waals surface area contributed by atoms with Crippen molar-refractivity contribution in [2.24, 2.45) is 0 Å². The maximum atomic E-state index is 12.1. The Morgan fingerprint density at radius 3 is 2.73 bits per heavy atom. The molecule has 0 atom stereocenters. The molecule has 2 aromatic rings. The maximum absolute atomic E-state index is 12.1. The van der Waals surface area contributed by atoms with Gasteiger partial charge in [0, 0.05) is 17.3 Å². The van der Waals surface area contributed by atoms with Crippen LogP contribution in [0.25, 0.3) is 10.9 Å². The number of rotatable bonds is 6. The van der Waals surface area contributed by atoms with Gasteiger partial charge in [0.15, 0.2) is 0 Å². The number of aliphatic hydroxyl groups excluding tert-OH is 1. The van der Waals surface area contributed by atoms with Crippen LogP contribution in [0, 0.1) is 0 Å². The summed E-state index contributed by atoms with van der Waals surface area (Å²) in [5.74, 6) is -0.799. The van der Waals surface area contributed by atoms with Crippen LogP contribution in [-0.2, 0) is 27.3 Å². The lowest BCUT2D eigenvalue weighted by Gasteiger charge is -2.04. The van der Waals surface area contributed by atoms with Gasteiger partial charge < -0.3 is 19.6 Å². The van der Waals surface area contributed by atoms with E-state index in [0.717, 1.165) is 16.5 Å². The molecule has 0 fully saturated rings. The number of carbonyl (C=O) groups is 2. The Morgan fingerprint density at radius 2 is 2.09 bits per heavy atom. The Morgan fingerprint density at radius 1 is 1.32 bits per heavy atom. The minimum absolute atomic E-state index is 0.0910. The summed E-state index contributed by atoms with van der Waals surface area (Å²) in [4.78, 5) is 26.5. The van der Waals surface area contributed by atoms with Gasteiger partial charge in [-0.2, -0.15) is 0 Å². The van der Waals surface area contributed by atoms with Gasteiger partial charge in [0.2, 0.25) is 0 Å². The first-order valence-corrected chi connectivity index (χ1v) is 7.09. The fraction of sp³-hybridized carbons (Fsp3) is 0.375. The molecule has 1 aromatic heterocycles. The van der Waals surface area contributed by atoms with Gasteiger partial charge in [-0.1, -0.05) is 6.07 Å². The molecule has 0 aliphatic rings. The summed E-state index contributed by atoms with van der Waals surface area (Å²) in [6.45, 7) is 1.91. The van der Waals surface area contributed by atoms with Crippen molar-refractivity contribution < 1.29 is 24.2 Å². The summed E-state index contributed by atoms with van der Waals surface area (Å²) in [7, 11) is 1.33. The SMILES string of the molecule is CCOC(=O)c1[nH]c2ccc(CO)cc2c1CCC(=O)OC. The molecule has 0 aliphatic carbocycles. The number of aromatic amines is 1. The molecule has 6 nitrogen and oxygen atoms in total. The highest BCUT2D eigenvalue weighted by molar-refractivity contribution is 5.98. The van der Waals surface area contributed by atoms with Crippen LogP contribution < -0.4 is 0 Å². The Labute approximate surface area is 128 Å². The molecular formula is C16H19NO5. The number of aryl methyl sites for hydroxylation is 1. The van der Waals surface area contributed by atoms with Crippen LogP contribution in [0.4, 0.5) is 0 Å². The molecule has 0 aliphatic heterocycles. The third kappa shape index (κ3) is 3.28. The van der Waals surface area contributed by atoms with Crippen LogP contribution in [0.5, 0.6) is 0 Å². The molecule has 0 spiro atoms. The number of esters is 2. The van der Waals surface area contributed by atoms with Crippen molar-refractivity contribution in [3.8, 4) is 0 Å². The summed E-state index contributed by atoms with van der Waals surface area (Å²) >= 11 is 0. The molecule has 1 aromatic carbocycles. The van der Waals surface area contributed by atoms with Crippen LogP contribution in [0.15, 0.2) is 18.2 Å². The van der Waals surface area contributed by atoms with Crippen LogP contribution in [0.3, 0.4) is 0 Å². The van der Waals surface area contributed by atoms with Gasteiger partial charge >= 0.3 is 11.9 Å². The molecule has 2 rings (SSSR count). The fourth-order valence-electron chi connectivity index (χ4n) is 2.36. The zero-order valence-corrected chi connectivity index (χ0v) is 12.6. The van der Waals surface area contributed by atoms with E-state index in [1.54, 1.807) is 25.1 Å². The lowest BCUT2D eigenvalue weighted by molar-refractivity contribution is -0.140. The normalized spacial score (nSPS) is 10.7. The van der Waals surface area contributed by atoms with Crippen molar-refractivity contribution in [2.75, 3.05) is 13.7 Å². The van der Waals surface area contributed by atoms with Crippen LogP contribution in [0.2, 0.25) is 0 Å². The largest absolute Gasteiger partial charge is 0.469 e. The van der Waals surface area contributed by atoms with E-state index in [1.165, 1.54) is 7.11 Å². The lowest BCUT2D eigenvalue weighted by Crippen LogP contribution is -2.09. The van der Waals surface area contributed by atoms with E-state index >= 15 is 0 Å².